The molecule has 0 aliphatic heterocycles. The van der Waals surface area contributed by atoms with Crippen molar-refractivity contribution >= 4 is 29.2 Å². The summed E-state index contributed by atoms with van der Waals surface area (Å²) in [7, 11) is 0. The van der Waals surface area contributed by atoms with Crippen LogP contribution in [-0.2, 0) is 17.8 Å². The topological polar surface area (TPSA) is 76.0 Å². The number of anilines is 1. The number of nitrogens with zero attached hydrogens (tertiary/aromatic N) is 2. The molecule has 0 saturated carbocycles. The maximum Gasteiger partial charge on any atom is 0.252 e. The summed E-state index contributed by atoms with van der Waals surface area (Å²) in [6.45, 7) is 2.89. The lowest BCUT2D eigenvalue weighted by Gasteiger charge is -2.10. The molecule has 2 amide bonds. The third kappa shape index (κ3) is 5.68. The Morgan fingerprint density at radius 2 is 1.76 bits per heavy atom. The fourth-order valence-electron chi connectivity index (χ4n) is 2.85. The number of hydrogen-bond donors (Lipinski definition) is 2. The van der Waals surface area contributed by atoms with Gasteiger partial charge < -0.3 is 10.6 Å². The second-order valence-electron chi connectivity index (χ2n) is 6.58. The zero-order chi connectivity index (χ0) is 20.6. The number of benzene rings is 2. The molecule has 2 aromatic carbocycles. The predicted octanol–water partition coefficient (Wildman–Crippen LogP) is 3.91. The quantitative estimate of drug-likeness (QED) is 0.591. The van der Waals surface area contributed by atoms with E-state index in [2.05, 4.69) is 46.9 Å². The zero-order valence-corrected chi connectivity index (χ0v) is 16.9. The molecular weight excluding hydrogens is 388 g/mol. The maximum absolute atomic E-state index is 12.3. The average molecular weight is 411 g/mol. The van der Waals surface area contributed by atoms with Gasteiger partial charge in [-0.1, -0.05) is 54.9 Å². The lowest BCUT2D eigenvalue weighted by atomic mass is 10.1. The highest BCUT2D eigenvalue weighted by atomic mass is 35.5. The number of rotatable bonds is 8. The van der Waals surface area contributed by atoms with Crippen LogP contribution in [0, 0.1) is 0 Å². The van der Waals surface area contributed by atoms with Gasteiger partial charge in [-0.15, -0.1) is 0 Å². The molecule has 3 rings (SSSR count). The van der Waals surface area contributed by atoms with Crippen molar-refractivity contribution in [2.75, 3.05) is 11.9 Å². The van der Waals surface area contributed by atoms with Crippen molar-refractivity contribution in [2.24, 2.45) is 0 Å². The Balaban J connectivity index is 1.50. The minimum absolute atomic E-state index is 0.145. The molecule has 6 nitrogen and oxygen atoms in total. The first-order valence-electron chi connectivity index (χ1n) is 9.49. The first-order chi connectivity index (χ1) is 14.1. The summed E-state index contributed by atoms with van der Waals surface area (Å²) >= 11 is 6.01. The van der Waals surface area contributed by atoms with Gasteiger partial charge in [0, 0.05) is 19.0 Å². The second kappa shape index (κ2) is 9.89. The van der Waals surface area contributed by atoms with E-state index in [9.17, 15) is 9.59 Å². The van der Waals surface area contributed by atoms with Gasteiger partial charge >= 0.3 is 0 Å². The van der Waals surface area contributed by atoms with Crippen LogP contribution in [0.3, 0.4) is 0 Å². The highest BCUT2D eigenvalue weighted by molar-refractivity contribution is 6.33. The van der Waals surface area contributed by atoms with Crippen molar-refractivity contribution in [3.05, 3.63) is 82.5 Å². The normalized spacial score (nSPS) is 10.6. The molecule has 0 bridgehead atoms. The van der Waals surface area contributed by atoms with Crippen molar-refractivity contribution in [1.82, 2.24) is 15.1 Å². The van der Waals surface area contributed by atoms with Crippen LogP contribution in [-0.4, -0.2) is 28.1 Å². The molecule has 0 aliphatic carbocycles. The van der Waals surface area contributed by atoms with Crippen molar-refractivity contribution in [2.45, 2.75) is 26.3 Å². The van der Waals surface area contributed by atoms with Gasteiger partial charge in [-0.2, -0.15) is 5.10 Å². The van der Waals surface area contributed by atoms with E-state index >= 15 is 0 Å². The lowest BCUT2D eigenvalue weighted by Crippen LogP contribution is -2.28. The van der Waals surface area contributed by atoms with Crippen LogP contribution in [0.25, 0.3) is 0 Å². The van der Waals surface area contributed by atoms with Crippen LogP contribution in [0.2, 0.25) is 5.02 Å². The van der Waals surface area contributed by atoms with Crippen molar-refractivity contribution in [3.63, 3.8) is 0 Å². The largest absolute Gasteiger partial charge is 0.351 e. The molecule has 0 fully saturated rings. The van der Waals surface area contributed by atoms with E-state index in [0.29, 0.717) is 22.9 Å². The van der Waals surface area contributed by atoms with Crippen LogP contribution in [0.4, 0.5) is 5.82 Å². The molecule has 7 heteroatoms. The molecule has 0 spiro atoms. The van der Waals surface area contributed by atoms with Gasteiger partial charge in [0.2, 0.25) is 5.91 Å². The summed E-state index contributed by atoms with van der Waals surface area (Å²) in [4.78, 5) is 24.4. The molecule has 0 saturated heterocycles. The summed E-state index contributed by atoms with van der Waals surface area (Å²) < 4.78 is 1.74. The Morgan fingerprint density at radius 1 is 1.03 bits per heavy atom. The van der Waals surface area contributed by atoms with E-state index in [0.717, 1.165) is 12.0 Å². The van der Waals surface area contributed by atoms with Crippen LogP contribution in [0.15, 0.2) is 60.8 Å². The summed E-state index contributed by atoms with van der Waals surface area (Å²) in [6, 6.07) is 16.9. The van der Waals surface area contributed by atoms with Crippen molar-refractivity contribution in [1.29, 1.82) is 0 Å². The molecule has 1 heterocycles. The number of nitrogens with one attached hydrogen (secondary N) is 2. The molecule has 2 N–H and O–H groups in total. The third-order valence-corrected chi connectivity index (χ3v) is 4.83. The van der Waals surface area contributed by atoms with Gasteiger partial charge in [0.15, 0.2) is 0 Å². The van der Waals surface area contributed by atoms with Gasteiger partial charge in [0.05, 0.1) is 23.3 Å². The Morgan fingerprint density at radius 3 is 2.48 bits per heavy atom. The summed E-state index contributed by atoms with van der Waals surface area (Å²) in [6.07, 6.45) is 2.79. The average Bonchev–Trinajstić information content (AvgIpc) is 3.15. The van der Waals surface area contributed by atoms with Crippen molar-refractivity contribution < 1.29 is 9.59 Å². The number of carbonyl (C=O) groups excluding carboxylic acids is 2. The molecule has 0 radical (unpaired) electrons. The second-order valence-corrected chi connectivity index (χ2v) is 6.99. The van der Waals surface area contributed by atoms with Gasteiger partial charge in [-0.3, -0.25) is 9.59 Å². The highest BCUT2D eigenvalue weighted by Gasteiger charge is 2.11. The van der Waals surface area contributed by atoms with E-state index in [1.54, 1.807) is 41.2 Å². The molecule has 1 aromatic heterocycles. The number of aromatic nitrogens is 2. The van der Waals surface area contributed by atoms with Crippen LogP contribution < -0.4 is 10.6 Å². The van der Waals surface area contributed by atoms with E-state index in [1.807, 2.05) is 0 Å². The smallest absolute Gasteiger partial charge is 0.252 e. The Labute approximate surface area is 174 Å². The minimum Gasteiger partial charge on any atom is -0.351 e. The number of carbonyl (C=O) groups is 2. The van der Waals surface area contributed by atoms with E-state index in [1.165, 1.54) is 5.56 Å². The summed E-state index contributed by atoms with van der Waals surface area (Å²) in [5.74, 6) is 0.114. The fourth-order valence-corrected chi connectivity index (χ4v) is 3.08. The van der Waals surface area contributed by atoms with Crippen LogP contribution in [0.1, 0.15) is 34.8 Å². The molecule has 3 aromatic rings. The molecule has 0 aliphatic rings. The van der Waals surface area contributed by atoms with Crippen LogP contribution >= 0.6 is 11.6 Å². The lowest BCUT2D eigenvalue weighted by molar-refractivity contribution is -0.116. The Hall–Kier alpha value is -3.12. The number of hydrogen-bond acceptors (Lipinski definition) is 3. The SMILES string of the molecule is CCc1ccc(Cn2nccc2NC(=O)CCNC(=O)c2ccccc2Cl)cc1. The molecule has 29 heavy (non-hydrogen) atoms. The molecule has 0 unspecified atom stereocenters. The molecule has 150 valence electrons. The standard InChI is InChI=1S/C22H23ClN4O2/c1-2-16-7-9-17(10-8-16)15-27-20(11-14-25-27)26-21(28)12-13-24-22(29)18-5-3-4-6-19(18)23/h3-11,14H,2,12-13,15H2,1H3,(H,24,29)(H,26,28). The van der Waals surface area contributed by atoms with Crippen LogP contribution in [0.5, 0.6) is 0 Å². The number of halogens is 1. The number of aryl methyl sites for hydroxylation is 1. The minimum atomic E-state index is -0.302. The zero-order valence-electron chi connectivity index (χ0n) is 16.2. The third-order valence-electron chi connectivity index (χ3n) is 4.50. The van der Waals surface area contributed by atoms with Gasteiger partial charge in [0.1, 0.15) is 5.82 Å². The maximum atomic E-state index is 12.3. The summed E-state index contributed by atoms with van der Waals surface area (Å²) in [5.41, 5.74) is 2.77. The monoisotopic (exact) mass is 410 g/mol. The van der Waals surface area contributed by atoms with Gasteiger partial charge in [-0.05, 0) is 29.7 Å². The summed E-state index contributed by atoms with van der Waals surface area (Å²) in [5, 5.41) is 10.2. The van der Waals surface area contributed by atoms with E-state index in [4.69, 9.17) is 11.6 Å². The van der Waals surface area contributed by atoms with Gasteiger partial charge in [0.25, 0.3) is 5.91 Å². The molecular formula is C22H23ClN4O2. The van der Waals surface area contributed by atoms with E-state index in [-0.39, 0.29) is 24.8 Å². The highest BCUT2D eigenvalue weighted by Crippen LogP contribution is 2.15. The van der Waals surface area contributed by atoms with E-state index < -0.39 is 0 Å². The first-order valence-corrected chi connectivity index (χ1v) is 9.87. The fraction of sp³-hybridized carbons (Fsp3) is 0.227. The Kier molecular flexibility index (Phi) is 7.03. The predicted molar refractivity (Wildman–Crippen MR) is 114 cm³/mol. The van der Waals surface area contributed by atoms with Gasteiger partial charge in [-0.25, -0.2) is 4.68 Å². The Bertz CT molecular complexity index is 982. The molecule has 0 atom stereocenters. The first kappa shape index (κ1) is 20.6. The van der Waals surface area contributed by atoms with Crippen molar-refractivity contribution in [3.8, 4) is 0 Å². The number of amides is 2.